The van der Waals surface area contributed by atoms with Crippen LogP contribution < -0.4 is 0 Å². The first-order valence-corrected chi connectivity index (χ1v) is 5.12. The standard InChI is InChI=1S/C7H7FO.C7H6O/c8-7-4-2-1-3-6(7)5-9;8-6-7-4-2-1-3-5-7/h1-4,9H,5H2;1-6H. The van der Waals surface area contributed by atoms with Gasteiger partial charge in [-0.1, -0.05) is 48.5 Å². The summed E-state index contributed by atoms with van der Waals surface area (Å²) in [5.41, 5.74) is 1.07. The van der Waals surface area contributed by atoms with Gasteiger partial charge in [-0.05, 0) is 6.07 Å². The van der Waals surface area contributed by atoms with Crippen molar-refractivity contribution >= 4 is 6.29 Å². The smallest absolute Gasteiger partial charge is 0.150 e. The molecular weight excluding hydrogens is 219 g/mol. The molecule has 0 aromatic heterocycles. The van der Waals surface area contributed by atoms with Crippen LogP contribution in [0.3, 0.4) is 0 Å². The van der Waals surface area contributed by atoms with Gasteiger partial charge in [0, 0.05) is 11.1 Å². The van der Waals surface area contributed by atoms with E-state index in [1.807, 2.05) is 18.2 Å². The van der Waals surface area contributed by atoms with Crippen molar-refractivity contribution in [3.63, 3.8) is 0 Å². The normalized spacial score (nSPS) is 9.06. The van der Waals surface area contributed by atoms with Crippen LogP contribution in [0.25, 0.3) is 0 Å². The van der Waals surface area contributed by atoms with E-state index in [9.17, 15) is 9.18 Å². The monoisotopic (exact) mass is 232 g/mol. The van der Waals surface area contributed by atoms with Gasteiger partial charge in [0.05, 0.1) is 6.61 Å². The largest absolute Gasteiger partial charge is 0.392 e. The number of hydrogen-bond donors (Lipinski definition) is 1. The predicted molar refractivity (Wildman–Crippen MR) is 64.2 cm³/mol. The first kappa shape index (κ1) is 13.1. The fourth-order valence-electron chi connectivity index (χ4n) is 1.16. The van der Waals surface area contributed by atoms with E-state index in [2.05, 4.69) is 0 Å². The van der Waals surface area contributed by atoms with Gasteiger partial charge >= 0.3 is 0 Å². The Morgan fingerprint density at radius 2 is 1.59 bits per heavy atom. The van der Waals surface area contributed by atoms with E-state index in [-0.39, 0.29) is 12.4 Å². The molecule has 0 aliphatic rings. The van der Waals surface area contributed by atoms with Crippen LogP contribution in [-0.4, -0.2) is 11.4 Å². The summed E-state index contributed by atoms with van der Waals surface area (Å²) in [6.07, 6.45) is 0.833. The molecule has 0 saturated carbocycles. The predicted octanol–water partition coefficient (Wildman–Crippen LogP) is 2.82. The number of aldehydes is 1. The maximum Gasteiger partial charge on any atom is 0.150 e. The van der Waals surface area contributed by atoms with E-state index in [0.717, 1.165) is 11.8 Å². The molecule has 88 valence electrons. The number of aliphatic hydroxyl groups excluding tert-OH is 1. The highest BCUT2D eigenvalue weighted by atomic mass is 19.1. The summed E-state index contributed by atoms with van der Waals surface area (Å²) in [6.45, 7) is -0.229. The van der Waals surface area contributed by atoms with Crippen molar-refractivity contribution in [1.29, 1.82) is 0 Å². The molecule has 3 heteroatoms. The van der Waals surface area contributed by atoms with E-state index >= 15 is 0 Å². The zero-order valence-corrected chi connectivity index (χ0v) is 9.21. The average molecular weight is 232 g/mol. The van der Waals surface area contributed by atoms with Crippen LogP contribution in [0, 0.1) is 5.82 Å². The summed E-state index contributed by atoms with van der Waals surface area (Å²) in [5.74, 6) is -0.347. The van der Waals surface area contributed by atoms with Gasteiger partial charge < -0.3 is 5.11 Å². The molecule has 0 aliphatic heterocycles. The summed E-state index contributed by atoms with van der Waals surface area (Å²) in [7, 11) is 0. The highest BCUT2D eigenvalue weighted by molar-refractivity contribution is 5.74. The SMILES string of the molecule is O=Cc1ccccc1.OCc1ccccc1F. The fourth-order valence-corrected chi connectivity index (χ4v) is 1.16. The lowest BCUT2D eigenvalue weighted by atomic mass is 10.2. The van der Waals surface area contributed by atoms with Crippen molar-refractivity contribution in [2.45, 2.75) is 6.61 Å². The molecule has 2 rings (SSSR count). The summed E-state index contributed by atoms with van der Waals surface area (Å²) in [6, 6.07) is 15.3. The molecule has 1 N–H and O–H groups in total. The molecular formula is C14H13FO2. The molecule has 0 unspecified atom stereocenters. The van der Waals surface area contributed by atoms with E-state index in [1.54, 1.807) is 30.3 Å². The van der Waals surface area contributed by atoms with Crippen molar-refractivity contribution < 1.29 is 14.3 Å². The van der Waals surface area contributed by atoms with Crippen LogP contribution in [0.2, 0.25) is 0 Å². The van der Waals surface area contributed by atoms with Crippen LogP contribution in [0.5, 0.6) is 0 Å². The number of carbonyl (C=O) groups is 1. The third-order valence-electron chi connectivity index (χ3n) is 2.06. The number of benzene rings is 2. The van der Waals surface area contributed by atoms with Gasteiger partial charge in [-0.3, -0.25) is 4.79 Å². The van der Waals surface area contributed by atoms with Gasteiger partial charge in [-0.15, -0.1) is 0 Å². The van der Waals surface area contributed by atoms with Crippen molar-refractivity contribution in [3.05, 3.63) is 71.5 Å². The van der Waals surface area contributed by atoms with Crippen molar-refractivity contribution in [2.24, 2.45) is 0 Å². The Morgan fingerprint density at radius 3 is 2.00 bits per heavy atom. The Morgan fingerprint density at radius 1 is 1.00 bits per heavy atom. The minimum atomic E-state index is -0.347. The quantitative estimate of drug-likeness (QED) is 0.808. The lowest BCUT2D eigenvalue weighted by Crippen LogP contribution is -1.86. The third kappa shape index (κ3) is 4.57. The molecule has 0 amide bonds. The molecule has 0 fully saturated rings. The number of hydrogen-bond acceptors (Lipinski definition) is 2. The summed E-state index contributed by atoms with van der Waals surface area (Å²) >= 11 is 0. The van der Waals surface area contributed by atoms with Gasteiger partial charge in [0.2, 0.25) is 0 Å². The topological polar surface area (TPSA) is 37.3 Å². The molecule has 2 nitrogen and oxygen atoms in total. The summed E-state index contributed by atoms with van der Waals surface area (Å²) in [5, 5.41) is 8.48. The second-order valence-corrected chi connectivity index (χ2v) is 3.28. The van der Waals surface area contributed by atoms with E-state index in [1.165, 1.54) is 6.07 Å². The highest BCUT2D eigenvalue weighted by Crippen LogP contribution is 2.04. The van der Waals surface area contributed by atoms with Crippen LogP contribution in [-0.2, 0) is 6.61 Å². The fraction of sp³-hybridized carbons (Fsp3) is 0.0714. The molecule has 0 aliphatic carbocycles. The molecule has 0 spiro atoms. The van der Waals surface area contributed by atoms with Crippen molar-refractivity contribution in [3.8, 4) is 0 Å². The Kier molecular flexibility index (Phi) is 5.61. The number of aliphatic hydroxyl groups is 1. The van der Waals surface area contributed by atoms with Gasteiger partial charge in [0.1, 0.15) is 12.1 Å². The van der Waals surface area contributed by atoms with Crippen LogP contribution in [0.1, 0.15) is 15.9 Å². The lowest BCUT2D eigenvalue weighted by Gasteiger charge is -1.94. The van der Waals surface area contributed by atoms with Crippen LogP contribution in [0.15, 0.2) is 54.6 Å². The van der Waals surface area contributed by atoms with E-state index in [4.69, 9.17) is 5.11 Å². The van der Waals surface area contributed by atoms with Gasteiger partial charge in [-0.2, -0.15) is 0 Å². The second-order valence-electron chi connectivity index (χ2n) is 3.28. The Balaban J connectivity index is 0.000000171. The Labute approximate surface area is 99.3 Å². The molecule has 0 atom stereocenters. The number of halogens is 1. The summed E-state index contributed by atoms with van der Waals surface area (Å²) < 4.78 is 12.4. The zero-order valence-electron chi connectivity index (χ0n) is 9.21. The van der Waals surface area contributed by atoms with E-state index < -0.39 is 0 Å². The third-order valence-corrected chi connectivity index (χ3v) is 2.06. The van der Waals surface area contributed by atoms with E-state index in [0.29, 0.717) is 5.56 Å². The molecule has 0 heterocycles. The first-order valence-electron chi connectivity index (χ1n) is 5.12. The molecule has 2 aromatic rings. The van der Waals surface area contributed by atoms with Gasteiger partial charge in [0.25, 0.3) is 0 Å². The first-order chi connectivity index (χ1) is 8.27. The summed E-state index contributed by atoms with van der Waals surface area (Å²) in [4.78, 5) is 10.0. The van der Waals surface area contributed by atoms with Crippen molar-refractivity contribution in [2.75, 3.05) is 0 Å². The maximum atomic E-state index is 12.4. The molecule has 0 saturated heterocycles. The average Bonchev–Trinajstić information content (AvgIpc) is 2.41. The zero-order chi connectivity index (χ0) is 12.5. The van der Waals surface area contributed by atoms with Crippen molar-refractivity contribution in [1.82, 2.24) is 0 Å². The van der Waals surface area contributed by atoms with Gasteiger partial charge in [0.15, 0.2) is 0 Å². The molecule has 0 bridgehead atoms. The Bertz CT molecular complexity index is 455. The molecule has 2 aromatic carbocycles. The van der Waals surface area contributed by atoms with Crippen LogP contribution in [0.4, 0.5) is 4.39 Å². The lowest BCUT2D eigenvalue weighted by molar-refractivity contribution is 0.112. The molecule has 17 heavy (non-hydrogen) atoms. The second kappa shape index (κ2) is 7.30. The minimum Gasteiger partial charge on any atom is -0.392 e. The Hall–Kier alpha value is -2.00. The van der Waals surface area contributed by atoms with Gasteiger partial charge in [-0.25, -0.2) is 4.39 Å². The maximum absolute atomic E-state index is 12.4. The highest BCUT2D eigenvalue weighted by Gasteiger charge is 1.94. The van der Waals surface area contributed by atoms with Crippen LogP contribution >= 0.6 is 0 Å². The molecule has 0 radical (unpaired) electrons. The number of carbonyl (C=O) groups excluding carboxylic acids is 1. The minimum absolute atomic E-state index is 0.229. The number of rotatable bonds is 2.